The van der Waals surface area contributed by atoms with Gasteiger partial charge < -0.3 is 5.32 Å². The summed E-state index contributed by atoms with van der Waals surface area (Å²) < 4.78 is 24.9. The Labute approximate surface area is 177 Å². The summed E-state index contributed by atoms with van der Waals surface area (Å²) in [4.78, 5) is 12.3. The minimum absolute atomic E-state index is 0.205. The molecule has 2 rings (SSSR count). The Balaban J connectivity index is 1.85. The number of amides is 1. The molecule has 0 unspecified atom stereocenters. The monoisotopic (exact) mass is 466 g/mol. The number of carbonyl (C=O) groups excluding carboxylic acids is 1. The highest BCUT2D eigenvalue weighted by molar-refractivity contribution is 7.98. The van der Waals surface area contributed by atoms with Gasteiger partial charge in [-0.25, -0.2) is 8.42 Å². The summed E-state index contributed by atoms with van der Waals surface area (Å²) >= 11 is 19.6. The van der Waals surface area contributed by atoms with E-state index < -0.39 is 10.0 Å². The summed E-state index contributed by atoms with van der Waals surface area (Å²) in [5.74, 6) is 0.992. The Morgan fingerprint density at radius 1 is 1.07 bits per heavy atom. The van der Waals surface area contributed by atoms with Crippen LogP contribution in [0, 0.1) is 0 Å². The molecule has 0 radical (unpaired) electrons. The summed E-state index contributed by atoms with van der Waals surface area (Å²) in [7, 11) is -3.44. The van der Waals surface area contributed by atoms with E-state index in [0.717, 1.165) is 11.8 Å². The van der Waals surface area contributed by atoms with Crippen LogP contribution in [-0.2, 0) is 15.8 Å². The topological polar surface area (TPSA) is 75.3 Å². The fraction of sp³-hybridized carbons (Fsp3) is 0.235. The van der Waals surface area contributed by atoms with Gasteiger partial charge in [0.25, 0.3) is 5.91 Å². The number of hydrogen-bond donors (Lipinski definition) is 2. The number of sulfonamides is 1. The molecule has 0 aromatic heterocycles. The Morgan fingerprint density at radius 2 is 1.81 bits per heavy atom. The first-order valence-electron chi connectivity index (χ1n) is 7.73. The van der Waals surface area contributed by atoms with E-state index in [1.54, 1.807) is 23.9 Å². The highest BCUT2D eigenvalue weighted by Crippen LogP contribution is 2.25. The van der Waals surface area contributed by atoms with E-state index in [1.165, 1.54) is 18.2 Å². The Hall–Kier alpha value is -1.12. The molecule has 0 atom stereocenters. The van der Waals surface area contributed by atoms with Gasteiger partial charge in [0.2, 0.25) is 10.0 Å². The summed E-state index contributed by atoms with van der Waals surface area (Å²) in [6, 6.07) is 9.72. The number of rotatable bonds is 8. The fourth-order valence-corrected chi connectivity index (χ4v) is 4.31. The molecule has 0 spiro atoms. The van der Waals surface area contributed by atoms with E-state index in [9.17, 15) is 13.2 Å². The zero-order chi connectivity index (χ0) is 20.0. The molecule has 146 valence electrons. The first kappa shape index (κ1) is 22.2. The first-order valence-corrected chi connectivity index (χ1v) is 11.9. The Morgan fingerprint density at radius 3 is 2.48 bits per heavy atom. The van der Waals surface area contributed by atoms with Crippen molar-refractivity contribution in [2.75, 3.05) is 23.3 Å². The zero-order valence-electron chi connectivity index (χ0n) is 14.3. The minimum Gasteiger partial charge on any atom is -0.351 e. The van der Waals surface area contributed by atoms with Crippen LogP contribution in [0.3, 0.4) is 0 Å². The Kier molecular flexibility index (Phi) is 8.12. The maximum Gasteiger partial charge on any atom is 0.252 e. The molecule has 0 aliphatic carbocycles. The lowest BCUT2D eigenvalue weighted by molar-refractivity contribution is 0.0956. The average Bonchev–Trinajstić information content (AvgIpc) is 2.56. The molecular formula is C17H17Cl3N2O3S2. The van der Waals surface area contributed by atoms with Gasteiger partial charge in [-0.05, 0) is 35.9 Å². The molecule has 0 heterocycles. The quantitative estimate of drug-likeness (QED) is 0.553. The third-order valence-corrected chi connectivity index (χ3v) is 5.85. The lowest BCUT2D eigenvalue weighted by atomic mass is 10.2. The summed E-state index contributed by atoms with van der Waals surface area (Å²) in [5.41, 5.74) is 1.45. The molecule has 1 amide bonds. The average molecular weight is 468 g/mol. The summed E-state index contributed by atoms with van der Waals surface area (Å²) in [6.45, 7) is 0.425. The molecule has 0 aliphatic heterocycles. The number of thioether (sulfide) groups is 1. The van der Waals surface area contributed by atoms with Crippen LogP contribution in [0.2, 0.25) is 15.1 Å². The van der Waals surface area contributed by atoms with Gasteiger partial charge in [-0.15, -0.1) is 0 Å². The highest BCUT2D eigenvalue weighted by atomic mass is 35.5. The first-order chi connectivity index (χ1) is 12.7. The molecule has 0 bridgehead atoms. The standard InChI is InChI=1S/C17H17Cl3N2O3S2/c1-27(24,25)22-13-4-5-15(19)14(9-13)17(23)21-6-7-26-10-11-2-3-12(18)8-16(11)20/h2-5,8-9,22H,6-7,10H2,1H3,(H,21,23). The molecule has 2 N–H and O–H groups in total. The van der Waals surface area contributed by atoms with E-state index >= 15 is 0 Å². The third-order valence-electron chi connectivity index (χ3n) is 3.32. The van der Waals surface area contributed by atoms with Crippen LogP contribution in [0.4, 0.5) is 5.69 Å². The lowest BCUT2D eigenvalue weighted by Crippen LogP contribution is -2.26. The molecule has 0 aliphatic rings. The van der Waals surface area contributed by atoms with Crippen molar-refractivity contribution in [2.45, 2.75) is 5.75 Å². The minimum atomic E-state index is -3.44. The van der Waals surface area contributed by atoms with Crippen LogP contribution in [0.15, 0.2) is 36.4 Å². The molecule has 5 nitrogen and oxygen atoms in total. The summed E-state index contributed by atoms with van der Waals surface area (Å²) in [6.07, 6.45) is 1.03. The molecule has 2 aromatic carbocycles. The molecule has 0 fully saturated rings. The SMILES string of the molecule is CS(=O)(=O)Nc1ccc(Cl)c(C(=O)NCCSCc2ccc(Cl)cc2Cl)c1. The molecule has 0 saturated carbocycles. The van der Waals surface area contributed by atoms with E-state index in [-0.39, 0.29) is 22.2 Å². The van der Waals surface area contributed by atoms with Gasteiger partial charge in [-0.2, -0.15) is 11.8 Å². The van der Waals surface area contributed by atoms with Crippen molar-refractivity contribution in [1.82, 2.24) is 5.32 Å². The van der Waals surface area contributed by atoms with Gasteiger partial charge in [0.15, 0.2) is 0 Å². The van der Waals surface area contributed by atoms with Crippen LogP contribution >= 0.6 is 46.6 Å². The van der Waals surface area contributed by atoms with Crippen molar-refractivity contribution in [3.63, 3.8) is 0 Å². The van der Waals surface area contributed by atoms with E-state index in [2.05, 4.69) is 10.0 Å². The van der Waals surface area contributed by atoms with E-state index in [0.29, 0.717) is 28.1 Å². The predicted molar refractivity (Wildman–Crippen MR) is 115 cm³/mol. The maximum absolute atomic E-state index is 12.3. The molecule has 10 heteroatoms. The van der Waals surface area contributed by atoms with Crippen molar-refractivity contribution in [2.24, 2.45) is 0 Å². The molecule has 2 aromatic rings. The fourth-order valence-electron chi connectivity index (χ4n) is 2.13. The van der Waals surface area contributed by atoms with Crippen molar-refractivity contribution < 1.29 is 13.2 Å². The van der Waals surface area contributed by atoms with Crippen molar-refractivity contribution >= 4 is 68.2 Å². The number of halogens is 3. The maximum atomic E-state index is 12.3. The zero-order valence-corrected chi connectivity index (χ0v) is 18.2. The number of hydrogen-bond acceptors (Lipinski definition) is 4. The van der Waals surface area contributed by atoms with Crippen LogP contribution in [-0.4, -0.2) is 32.9 Å². The number of benzene rings is 2. The number of carbonyl (C=O) groups is 1. The summed E-state index contributed by atoms with van der Waals surface area (Å²) in [5, 5.41) is 4.21. The largest absolute Gasteiger partial charge is 0.351 e. The second-order valence-electron chi connectivity index (χ2n) is 5.61. The molecule has 0 saturated heterocycles. The molecular weight excluding hydrogens is 451 g/mol. The lowest BCUT2D eigenvalue weighted by Gasteiger charge is -2.10. The van der Waals surface area contributed by atoms with Gasteiger partial charge in [0, 0.05) is 33.8 Å². The number of anilines is 1. The smallest absolute Gasteiger partial charge is 0.252 e. The predicted octanol–water partition coefficient (Wildman–Crippen LogP) is 4.68. The van der Waals surface area contributed by atoms with Crippen molar-refractivity contribution in [1.29, 1.82) is 0 Å². The Bertz CT molecular complexity index is 937. The van der Waals surface area contributed by atoms with Gasteiger partial charge in [0.05, 0.1) is 16.8 Å². The van der Waals surface area contributed by atoms with E-state index in [1.807, 2.05) is 6.07 Å². The third kappa shape index (κ3) is 7.43. The normalized spacial score (nSPS) is 11.3. The van der Waals surface area contributed by atoms with Gasteiger partial charge in [0.1, 0.15) is 0 Å². The van der Waals surface area contributed by atoms with Crippen LogP contribution in [0.5, 0.6) is 0 Å². The van der Waals surface area contributed by atoms with Crippen LogP contribution in [0.1, 0.15) is 15.9 Å². The highest BCUT2D eigenvalue weighted by Gasteiger charge is 2.12. The second-order valence-corrected chi connectivity index (χ2v) is 9.72. The number of nitrogens with one attached hydrogen (secondary N) is 2. The van der Waals surface area contributed by atoms with Crippen molar-refractivity contribution in [3.05, 3.63) is 62.6 Å². The van der Waals surface area contributed by atoms with Gasteiger partial charge in [-0.1, -0.05) is 40.9 Å². The van der Waals surface area contributed by atoms with Crippen molar-refractivity contribution in [3.8, 4) is 0 Å². The van der Waals surface area contributed by atoms with Crippen LogP contribution in [0.25, 0.3) is 0 Å². The van der Waals surface area contributed by atoms with Gasteiger partial charge >= 0.3 is 0 Å². The van der Waals surface area contributed by atoms with Gasteiger partial charge in [-0.3, -0.25) is 9.52 Å². The van der Waals surface area contributed by atoms with E-state index in [4.69, 9.17) is 34.8 Å². The van der Waals surface area contributed by atoms with Crippen LogP contribution < -0.4 is 10.0 Å². The second kappa shape index (κ2) is 9.89. The molecule has 27 heavy (non-hydrogen) atoms.